The summed E-state index contributed by atoms with van der Waals surface area (Å²) in [4.78, 5) is 0. The van der Waals surface area contributed by atoms with Gasteiger partial charge in [0.05, 0.1) is 0 Å². The third-order valence-corrected chi connectivity index (χ3v) is 0.866. The maximum atomic E-state index is 2.25. The predicted octanol–water partition coefficient (Wildman–Crippen LogP) is 4.10. The first kappa shape index (κ1) is 16.0. The fourth-order valence-corrected chi connectivity index (χ4v) is 0.577. The highest BCUT2D eigenvalue weighted by Crippen LogP contribution is 2.00. The molecule has 0 heteroatoms. The second kappa shape index (κ2) is 15.7. The molecule has 0 aromatic rings. The summed E-state index contributed by atoms with van der Waals surface area (Å²) >= 11 is 0. The molecule has 0 aromatic heterocycles. The van der Waals surface area contributed by atoms with Crippen LogP contribution in [0.25, 0.3) is 0 Å². The van der Waals surface area contributed by atoms with E-state index in [9.17, 15) is 0 Å². The summed E-state index contributed by atoms with van der Waals surface area (Å²) in [5, 5.41) is 0. The van der Waals surface area contributed by atoms with E-state index in [0.29, 0.717) is 0 Å². The summed E-state index contributed by atoms with van der Waals surface area (Å²) in [5.41, 5.74) is 0. The van der Waals surface area contributed by atoms with Gasteiger partial charge in [-0.05, 0) is 5.92 Å². The Morgan fingerprint density at radius 2 is 1.44 bits per heavy atom. The highest BCUT2D eigenvalue weighted by molar-refractivity contribution is 4.38. The van der Waals surface area contributed by atoms with Gasteiger partial charge in [-0.2, -0.15) is 0 Å². The van der Waals surface area contributed by atoms with Gasteiger partial charge in [0, 0.05) is 0 Å². The van der Waals surface area contributed by atoms with Gasteiger partial charge in [0.1, 0.15) is 0 Å². The van der Waals surface area contributed by atoms with Gasteiger partial charge in [0.2, 0.25) is 0 Å². The van der Waals surface area contributed by atoms with Crippen molar-refractivity contribution in [2.45, 2.75) is 54.9 Å². The van der Waals surface area contributed by atoms with Crippen LogP contribution in [0.5, 0.6) is 0 Å². The van der Waals surface area contributed by atoms with E-state index in [4.69, 9.17) is 0 Å². The molecule has 0 aliphatic carbocycles. The van der Waals surface area contributed by atoms with Crippen molar-refractivity contribution in [2.24, 2.45) is 5.92 Å². The first-order chi connectivity index (χ1) is 3.77. The molecule has 0 radical (unpaired) electrons. The molecule has 0 bridgehead atoms. The highest BCUT2D eigenvalue weighted by Gasteiger charge is 1.85. The molecule has 9 heavy (non-hydrogen) atoms. The van der Waals surface area contributed by atoms with E-state index < -0.39 is 0 Å². The minimum absolute atomic E-state index is 0. The quantitative estimate of drug-likeness (QED) is 0.530. The van der Waals surface area contributed by atoms with Crippen LogP contribution >= 0.6 is 0 Å². The lowest BCUT2D eigenvalue weighted by molar-refractivity contribution is 0.576. The van der Waals surface area contributed by atoms with E-state index in [0.717, 1.165) is 5.92 Å². The van der Waals surface area contributed by atoms with Crippen molar-refractivity contribution < 1.29 is 0 Å². The smallest absolute Gasteiger partial charge is 0.0471 e. The minimum Gasteiger partial charge on any atom is -0.0776 e. The molecule has 0 aliphatic rings. The van der Waals surface area contributed by atoms with Crippen molar-refractivity contribution in [1.82, 2.24) is 0 Å². The molecule has 0 amide bonds. The van der Waals surface area contributed by atoms with Crippen LogP contribution in [0.3, 0.4) is 0 Å². The van der Waals surface area contributed by atoms with Gasteiger partial charge in [-0.1, -0.05) is 54.9 Å². The third-order valence-electron chi connectivity index (χ3n) is 0.866. The molecule has 0 heterocycles. The summed E-state index contributed by atoms with van der Waals surface area (Å²) in [6.07, 6.45) is 2.71. The lowest BCUT2D eigenvalue weighted by Gasteiger charge is -1.95. The molecule has 0 atom stereocenters. The van der Waals surface area contributed by atoms with Gasteiger partial charge in [0.25, 0.3) is 0 Å². The van der Waals surface area contributed by atoms with Crippen LogP contribution in [0.2, 0.25) is 0 Å². The van der Waals surface area contributed by atoms with Crippen LogP contribution < -0.4 is 0 Å². The van der Waals surface area contributed by atoms with Crippen molar-refractivity contribution in [3.05, 3.63) is 0 Å². The average molecular weight is 132 g/mol. The number of hydrogen-bond acceptors (Lipinski definition) is 0. The van der Waals surface area contributed by atoms with E-state index in [1.807, 2.05) is 13.8 Å². The van der Waals surface area contributed by atoms with E-state index in [1.165, 1.54) is 12.8 Å². The first-order valence-electron chi connectivity index (χ1n) is 3.77. The fraction of sp³-hybridized carbons (Fsp3) is 1.00. The molecule has 0 nitrogen and oxygen atoms in total. The molecule has 0 spiro atoms. The number of hydrogen-bond donors (Lipinski definition) is 0. The Kier molecular flexibility index (Phi) is 27.9. The summed E-state index contributed by atoms with van der Waals surface area (Å²) < 4.78 is 0. The van der Waals surface area contributed by atoms with Crippen LogP contribution in [-0.2, 0) is 0 Å². The Bertz CT molecular complexity index is 21.2. The molecule has 0 aromatic carbocycles. The molecule has 0 saturated heterocycles. The Balaban J connectivity index is -0.000000109. The van der Waals surface area contributed by atoms with Gasteiger partial charge in [0.15, 0.2) is 0 Å². The van der Waals surface area contributed by atoms with Gasteiger partial charge >= 0.3 is 0 Å². The molecular weight excluding hydrogens is 108 g/mol. The van der Waals surface area contributed by atoms with Crippen molar-refractivity contribution in [3.8, 4) is 0 Å². The van der Waals surface area contributed by atoms with Crippen LogP contribution in [0, 0.1) is 5.92 Å². The minimum atomic E-state index is 0. The summed E-state index contributed by atoms with van der Waals surface area (Å²) in [7, 11) is 0. The third kappa shape index (κ3) is 32.0. The van der Waals surface area contributed by atoms with Gasteiger partial charge in [-0.15, -0.1) is 0 Å². The second-order valence-electron chi connectivity index (χ2n) is 2.18. The highest BCUT2D eigenvalue weighted by atomic mass is 13.9. The Morgan fingerprint density at radius 1 is 1.11 bits per heavy atom. The van der Waals surface area contributed by atoms with Gasteiger partial charge in [-0.3, -0.25) is 0 Å². The zero-order valence-corrected chi connectivity index (χ0v) is 6.99. The Morgan fingerprint density at radius 3 is 1.44 bits per heavy atom. The monoisotopic (exact) mass is 132 g/mol. The van der Waals surface area contributed by atoms with Crippen molar-refractivity contribution >= 4 is 0 Å². The molecule has 0 aliphatic heterocycles. The summed E-state index contributed by atoms with van der Waals surface area (Å²) in [5.74, 6) is 0.898. The molecule has 60 valence electrons. The van der Waals surface area contributed by atoms with Crippen molar-refractivity contribution in [2.75, 3.05) is 0 Å². The molecule has 0 saturated carbocycles. The maximum Gasteiger partial charge on any atom is -0.0471 e. The Labute approximate surface area is 61.7 Å². The molecule has 0 fully saturated rings. The van der Waals surface area contributed by atoms with E-state index >= 15 is 0 Å². The topological polar surface area (TPSA) is 0 Å². The lowest BCUT2D eigenvalue weighted by atomic mass is 10.1. The fourth-order valence-electron chi connectivity index (χ4n) is 0.577. The summed E-state index contributed by atoms with van der Waals surface area (Å²) in [6.45, 7) is 10.7. The second-order valence-corrected chi connectivity index (χ2v) is 2.18. The van der Waals surface area contributed by atoms with E-state index in [1.54, 1.807) is 0 Å². The molecule has 0 rings (SSSR count). The van der Waals surface area contributed by atoms with Crippen molar-refractivity contribution in [1.29, 1.82) is 0 Å². The summed E-state index contributed by atoms with van der Waals surface area (Å²) in [6, 6.07) is 0. The molecular formula is C9H24. The maximum absolute atomic E-state index is 2.25. The zero-order valence-electron chi connectivity index (χ0n) is 6.99. The van der Waals surface area contributed by atoms with Crippen LogP contribution in [0.4, 0.5) is 0 Å². The van der Waals surface area contributed by atoms with Crippen LogP contribution in [0.1, 0.15) is 54.9 Å². The normalized spacial score (nSPS) is 7.33. The van der Waals surface area contributed by atoms with Gasteiger partial charge in [-0.25, -0.2) is 0 Å². The zero-order chi connectivity index (χ0) is 6.99. The Hall–Kier alpha value is 0. The van der Waals surface area contributed by atoms with Crippen LogP contribution in [0.15, 0.2) is 0 Å². The average Bonchev–Trinajstić information content (AvgIpc) is 1.72. The lowest BCUT2D eigenvalue weighted by Crippen LogP contribution is -1.81. The standard InChI is InChI=1S/C6H14.C2H6.CH4/c1-4-5-6(2)3;1-2;/h6H,4-5H2,1-3H3;1-2H3;1H4. The SMILES string of the molecule is C.CC.CCCC(C)C. The molecule has 0 N–H and O–H groups in total. The van der Waals surface area contributed by atoms with Crippen molar-refractivity contribution in [3.63, 3.8) is 0 Å². The number of rotatable bonds is 2. The van der Waals surface area contributed by atoms with E-state index in [-0.39, 0.29) is 7.43 Å². The van der Waals surface area contributed by atoms with Gasteiger partial charge < -0.3 is 0 Å². The van der Waals surface area contributed by atoms with E-state index in [2.05, 4.69) is 20.8 Å². The van der Waals surface area contributed by atoms with Crippen LogP contribution in [-0.4, -0.2) is 0 Å². The molecule has 0 unspecified atom stereocenters. The first-order valence-corrected chi connectivity index (χ1v) is 3.77. The predicted molar refractivity (Wildman–Crippen MR) is 47.8 cm³/mol. The largest absolute Gasteiger partial charge is 0.0776 e.